The molecular weight excluding hydrogens is 477 g/mol. The number of nitriles is 1. The van der Waals surface area contributed by atoms with Gasteiger partial charge in [0.1, 0.15) is 19.3 Å². The number of hydrogen-bond donors (Lipinski definition) is 1. The molecule has 4 rings (SSSR count). The van der Waals surface area contributed by atoms with E-state index < -0.39 is 29.8 Å². The number of urea groups is 1. The van der Waals surface area contributed by atoms with Crippen LogP contribution in [0.3, 0.4) is 0 Å². The van der Waals surface area contributed by atoms with Gasteiger partial charge in [0.15, 0.2) is 0 Å². The van der Waals surface area contributed by atoms with Gasteiger partial charge in [0.05, 0.1) is 41.0 Å². The van der Waals surface area contributed by atoms with Crippen LogP contribution >= 0.6 is 0 Å². The highest BCUT2D eigenvalue weighted by molar-refractivity contribution is 6.03. The number of halogens is 3. The lowest BCUT2D eigenvalue weighted by atomic mass is 9.94. The smallest absolute Gasteiger partial charge is 0.416 e. The zero-order chi connectivity index (χ0) is 25.9. The predicted molar refractivity (Wildman–Crippen MR) is 120 cm³/mol. The Morgan fingerprint density at radius 3 is 2.61 bits per heavy atom. The number of alkyl halides is 3. The van der Waals surface area contributed by atoms with Crippen molar-refractivity contribution < 1.29 is 27.5 Å². The molecule has 0 aliphatic carbocycles. The van der Waals surface area contributed by atoms with Crippen molar-refractivity contribution >= 4 is 17.7 Å². The normalized spacial score (nSPS) is 15.9. The van der Waals surface area contributed by atoms with Crippen LogP contribution in [0.2, 0.25) is 0 Å². The van der Waals surface area contributed by atoms with E-state index in [-0.39, 0.29) is 30.1 Å². The summed E-state index contributed by atoms with van der Waals surface area (Å²) in [6, 6.07) is 10.8. The molecule has 2 amide bonds. The summed E-state index contributed by atoms with van der Waals surface area (Å²) in [7, 11) is 0. The Morgan fingerprint density at radius 1 is 1.22 bits per heavy atom. The van der Waals surface area contributed by atoms with E-state index in [1.165, 1.54) is 48.5 Å². The summed E-state index contributed by atoms with van der Waals surface area (Å²) in [5, 5.41) is 15.7. The molecule has 0 radical (unpaired) electrons. The average Bonchev–Trinajstić information content (AvgIpc) is 3.37. The Hall–Kier alpha value is -4.66. The molecule has 2 heterocycles. The minimum absolute atomic E-state index is 0.0373. The minimum Gasteiger partial charge on any atom is -0.460 e. The standard InChI is InChI=1S/C24H19F3N6O3/c1-15-20(22(34)36-10-9-32-14-29-13-30-32)21(17-7-5-16(12-28)6-8-17)31-23(35)33(15)19-4-2-3-18(11-19)24(25,26)27/h2-8,11,13-14,21H,9-10H2,1H3,(H,31,35). The minimum atomic E-state index is -4.62. The molecule has 3 aromatic rings. The van der Waals surface area contributed by atoms with Gasteiger partial charge in [-0.15, -0.1) is 0 Å². The number of hydrogen-bond acceptors (Lipinski definition) is 6. The van der Waals surface area contributed by atoms with Gasteiger partial charge >= 0.3 is 18.2 Å². The molecule has 184 valence electrons. The lowest BCUT2D eigenvalue weighted by molar-refractivity contribution is -0.140. The van der Waals surface area contributed by atoms with Gasteiger partial charge in [0.2, 0.25) is 0 Å². The molecule has 12 heteroatoms. The molecule has 1 aliphatic heterocycles. The van der Waals surface area contributed by atoms with Crippen LogP contribution in [0.15, 0.2) is 72.5 Å². The fraction of sp³-hybridized carbons (Fsp3) is 0.208. The summed E-state index contributed by atoms with van der Waals surface area (Å²) in [6.07, 6.45) is -1.83. The monoisotopic (exact) mass is 496 g/mol. The second-order valence-electron chi connectivity index (χ2n) is 7.79. The first-order valence-electron chi connectivity index (χ1n) is 10.7. The summed E-state index contributed by atoms with van der Waals surface area (Å²) in [5.41, 5.74) is 0.0176. The Bertz CT molecular complexity index is 1340. The van der Waals surface area contributed by atoms with Crippen LogP contribution in [0.25, 0.3) is 0 Å². The lowest BCUT2D eigenvalue weighted by Gasteiger charge is -2.35. The molecule has 9 nitrogen and oxygen atoms in total. The number of anilines is 1. The summed E-state index contributed by atoms with van der Waals surface area (Å²) >= 11 is 0. The van der Waals surface area contributed by atoms with E-state index in [4.69, 9.17) is 10.00 Å². The summed E-state index contributed by atoms with van der Waals surface area (Å²) < 4.78 is 46.8. The largest absolute Gasteiger partial charge is 0.460 e. The van der Waals surface area contributed by atoms with Gasteiger partial charge in [-0.25, -0.2) is 19.3 Å². The maximum atomic E-state index is 13.3. The van der Waals surface area contributed by atoms with Crippen molar-refractivity contribution in [3.63, 3.8) is 0 Å². The van der Waals surface area contributed by atoms with Crippen LogP contribution in [-0.2, 0) is 22.3 Å². The van der Waals surface area contributed by atoms with Crippen LogP contribution < -0.4 is 10.2 Å². The number of aromatic nitrogens is 3. The lowest BCUT2D eigenvalue weighted by Crippen LogP contribution is -2.48. The van der Waals surface area contributed by atoms with Crippen molar-refractivity contribution in [1.82, 2.24) is 20.1 Å². The number of benzene rings is 2. The van der Waals surface area contributed by atoms with Crippen molar-refractivity contribution in [2.45, 2.75) is 25.7 Å². The number of carbonyl (C=O) groups is 2. The molecule has 0 bridgehead atoms. The third kappa shape index (κ3) is 5.05. The quantitative estimate of drug-likeness (QED) is 0.517. The zero-order valence-corrected chi connectivity index (χ0v) is 18.9. The first-order chi connectivity index (χ1) is 17.2. The highest BCUT2D eigenvalue weighted by atomic mass is 19.4. The van der Waals surface area contributed by atoms with Crippen LogP contribution in [-0.4, -0.2) is 33.4 Å². The van der Waals surface area contributed by atoms with Gasteiger partial charge in [0, 0.05) is 5.70 Å². The zero-order valence-electron chi connectivity index (χ0n) is 18.9. The molecule has 1 atom stereocenters. The second-order valence-corrected chi connectivity index (χ2v) is 7.79. The maximum Gasteiger partial charge on any atom is 0.416 e. The predicted octanol–water partition coefficient (Wildman–Crippen LogP) is 3.96. The molecule has 36 heavy (non-hydrogen) atoms. The average molecular weight is 496 g/mol. The number of amides is 2. The summed E-state index contributed by atoms with van der Waals surface area (Å²) in [4.78, 5) is 31.1. The van der Waals surface area contributed by atoms with Gasteiger partial charge in [-0.3, -0.25) is 4.90 Å². The molecule has 0 saturated carbocycles. The number of carbonyl (C=O) groups excluding carboxylic acids is 2. The van der Waals surface area contributed by atoms with Crippen molar-refractivity contribution in [2.24, 2.45) is 0 Å². The van der Waals surface area contributed by atoms with Crippen LogP contribution in [0.5, 0.6) is 0 Å². The fourth-order valence-electron chi connectivity index (χ4n) is 3.80. The molecular formula is C24H19F3N6O3. The molecule has 1 aliphatic rings. The van der Waals surface area contributed by atoms with Crippen molar-refractivity contribution in [1.29, 1.82) is 5.26 Å². The molecule has 0 saturated heterocycles. The SMILES string of the molecule is CC1=C(C(=O)OCCn2cncn2)C(c2ccc(C#N)cc2)NC(=O)N1c1cccc(C(F)(F)F)c1. The topological polar surface area (TPSA) is 113 Å². The van der Waals surface area contributed by atoms with E-state index in [0.29, 0.717) is 11.1 Å². The Kier molecular flexibility index (Phi) is 6.73. The number of esters is 1. The van der Waals surface area contributed by atoms with E-state index in [9.17, 15) is 22.8 Å². The molecule has 0 fully saturated rings. The molecule has 1 N–H and O–H groups in total. The van der Waals surface area contributed by atoms with Crippen LogP contribution in [0.1, 0.15) is 29.7 Å². The summed E-state index contributed by atoms with van der Waals surface area (Å²) in [5.74, 6) is -0.765. The van der Waals surface area contributed by atoms with E-state index in [0.717, 1.165) is 17.0 Å². The molecule has 1 unspecified atom stereocenters. The Labute approximate surface area is 203 Å². The van der Waals surface area contributed by atoms with Gasteiger partial charge in [0.25, 0.3) is 0 Å². The second kappa shape index (κ2) is 9.91. The highest BCUT2D eigenvalue weighted by Gasteiger charge is 2.38. The van der Waals surface area contributed by atoms with Gasteiger partial charge in [-0.2, -0.15) is 23.5 Å². The fourth-order valence-corrected chi connectivity index (χ4v) is 3.80. The third-order valence-electron chi connectivity index (χ3n) is 5.53. The van der Waals surface area contributed by atoms with Gasteiger partial charge in [-0.05, 0) is 42.8 Å². The summed E-state index contributed by atoms with van der Waals surface area (Å²) in [6.45, 7) is 1.63. The Balaban J connectivity index is 1.72. The van der Waals surface area contributed by atoms with E-state index in [2.05, 4.69) is 15.4 Å². The van der Waals surface area contributed by atoms with Crippen molar-refractivity contribution in [3.8, 4) is 6.07 Å². The number of allylic oxidation sites excluding steroid dienone is 1. The molecule has 1 aromatic heterocycles. The van der Waals surface area contributed by atoms with E-state index in [1.54, 1.807) is 12.1 Å². The van der Waals surface area contributed by atoms with E-state index in [1.807, 2.05) is 6.07 Å². The van der Waals surface area contributed by atoms with Crippen molar-refractivity contribution in [3.05, 3.63) is 89.1 Å². The van der Waals surface area contributed by atoms with Gasteiger partial charge in [-0.1, -0.05) is 18.2 Å². The Morgan fingerprint density at radius 2 is 1.97 bits per heavy atom. The van der Waals surface area contributed by atoms with Crippen molar-refractivity contribution in [2.75, 3.05) is 11.5 Å². The van der Waals surface area contributed by atoms with Gasteiger partial charge < -0.3 is 10.1 Å². The number of ether oxygens (including phenoxy) is 1. The van der Waals surface area contributed by atoms with Crippen LogP contribution in [0, 0.1) is 11.3 Å². The first-order valence-corrected chi connectivity index (χ1v) is 10.7. The number of nitrogens with zero attached hydrogens (tertiary/aromatic N) is 5. The maximum absolute atomic E-state index is 13.3. The van der Waals surface area contributed by atoms with Crippen LogP contribution in [0.4, 0.5) is 23.7 Å². The highest BCUT2D eigenvalue weighted by Crippen LogP contribution is 2.37. The molecule has 0 spiro atoms. The first kappa shape index (κ1) is 24.5. The number of nitrogens with one attached hydrogen (secondary N) is 1. The third-order valence-corrected chi connectivity index (χ3v) is 5.53. The molecule has 2 aromatic carbocycles. The number of rotatable bonds is 6. The van der Waals surface area contributed by atoms with E-state index >= 15 is 0 Å².